The quantitative estimate of drug-likeness (QED) is 0.688. The zero-order chi connectivity index (χ0) is 15.3. The summed E-state index contributed by atoms with van der Waals surface area (Å²) in [5.41, 5.74) is 5.08. The van der Waals surface area contributed by atoms with Crippen molar-refractivity contribution in [1.29, 1.82) is 0 Å². The molecule has 0 atom stereocenters. The van der Waals surface area contributed by atoms with Gasteiger partial charge in [0.15, 0.2) is 0 Å². The molecule has 0 aliphatic heterocycles. The number of hydrogen-bond acceptors (Lipinski definition) is 4. The van der Waals surface area contributed by atoms with Gasteiger partial charge in [0, 0.05) is 11.8 Å². The summed E-state index contributed by atoms with van der Waals surface area (Å²) >= 11 is 0. The number of aliphatic carboxylic acids is 1. The Hall–Kier alpha value is -2.24. The summed E-state index contributed by atoms with van der Waals surface area (Å²) in [6.07, 6.45) is 0.587. The van der Waals surface area contributed by atoms with Crippen LogP contribution in [0.25, 0.3) is 0 Å². The van der Waals surface area contributed by atoms with Crippen molar-refractivity contribution in [2.24, 2.45) is 0 Å². The van der Waals surface area contributed by atoms with E-state index in [1.807, 2.05) is 0 Å². The second kappa shape index (κ2) is 6.27. The number of amides is 1. The topological polar surface area (TPSA) is 102 Å². The van der Waals surface area contributed by atoms with Gasteiger partial charge in [0.05, 0.1) is 12.7 Å². The third-order valence-electron chi connectivity index (χ3n) is 3.44. The first-order chi connectivity index (χ1) is 9.40. The van der Waals surface area contributed by atoms with Crippen LogP contribution in [0.15, 0.2) is 18.2 Å². The van der Waals surface area contributed by atoms with Crippen LogP contribution in [0, 0.1) is 0 Å². The maximum absolute atomic E-state index is 12.3. The van der Waals surface area contributed by atoms with Crippen LogP contribution in [0.3, 0.4) is 0 Å². The predicted molar refractivity (Wildman–Crippen MR) is 75.8 cm³/mol. The summed E-state index contributed by atoms with van der Waals surface area (Å²) in [7, 11) is 1.43. The van der Waals surface area contributed by atoms with Crippen molar-refractivity contribution in [3.8, 4) is 5.75 Å². The monoisotopic (exact) mass is 280 g/mol. The number of carbonyl (C=O) groups excluding carboxylic acids is 1. The minimum Gasteiger partial charge on any atom is -0.496 e. The molecule has 1 rings (SSSR count). The highest BCUT2D eigenvalue weighted by atomic mass is 16.5. The zero-order valence-electron chi connectivity index (χ0n) is 11.9. The molecule has 0 saturated heterocycles. The van der Waals surface area contributed by atoms with E-state index in [9.17, 15) is 14.7 Å². The molecule has 0 spiro atoms. The van der Waals surface area contributed by atoms with E-state index < -0.39 is 17.4 Å². The Morgan fingerprint density at radius 3 is 2.40 bits per heavy atom. The first-order valence-electron chi connectivity index (χ1n) is 6.39. The fraction of sp³-hybridized carbons (Fsp3) is 0.429. The van der Waals surface area contributed by atoms with Crippen molar-refractivity contribution in [1.82, 2.24) is 5.32 Å². The SMILES string of the molecule is CCC(CC)(NC(=O)c1ccc(N)cc1OC)C(=O)O. The maximum atomic E-state index is 12.3. The lowest BCUT2D eigenvalue weighted by Crippen LogP contribution is -2.53. The number of carboxylic acid groups (broad SMARTS) is 1. The van der Waals surface area contributed by atoms with E-state index in [-0.39, 0.29) is 5.56 Å². The Bertz CT molecular complexity index is 510. The highest BCUT2D eigenvalue weighted by Crippen LogP contribution is 2.23. The summed E-state index contributed by atoms with van der Waals surface area (Å²) in [5.74, 6) is -1.23. The van der Waals surface area contributed by atoms with Crippen LogP contribution in [0.4, 0.5) is 5.69 Å². The van der Waals surface area contributed by atoms with Gasteiger partial charge in [-0.2, -0.15) is 0 Å². The van der Waals surface area contributed by atoms with Gasteiger partial charge in [-0.05, 0) is 25.0 Å². The molecular formula is C14H20N2O4. The number of anilines is 1. The van der Waals surface area contributed by atoms with Crippen LogP contribution >= 0.6 is 0 Å². The number of carbonyl (C=O) groups is 2. The second-order valence-electron chi connectivity index (χ2n) is 4.51. The van der Waals surface area contributed by atoms with Crippen LogP contribution < -0.4 is 15.8 Å². The first kappa shape index (κ1) is 15.8. The Kier molecular flexibility index (Phi) is 4.96. The highest BCUT2D eigenvalue weighted by molar-refractivity contribution is 6.00. The number of carboxylic acids is 1. The van der Waals surface area contributed by atoms with Crippen molar-refractivity contribution >= 4 is 17.6 Å². The van der Waals surface area contributed by atoms with E-state index in [0.29, 0.717) is 24.3 Å². The highest BCUT2D eigenvalue weighted by Gasteiger charge is 2.37. The van der Waals surface area contributed by atoms with Crippen LogP contribution in [0.1, 0.15) is 37.0 Å². The van der Waals surface area contributed by atoms with Crippen molar-refractivity contribution in [2.75, 3.05) is 12.8 Å². The number of nitrogen functional groups attached to an aromatic ring is 1. The summed E-state index contributed by atoms with van der Waals surface area (Å²) in [6, 6.07) is 4.61. The average Bonchev–Trinajstić information content (AvgIpc) is 2.43. The van der Waals surface area contributed by atoms with Gasteiger partial charge >= 0.3 is 5.97 Å². The molecule has 110 valence electrons. The average molecular weight is 280 g/mol. The van der Waals surface area contributed by atoms with Gasteiger partial charge in [-0.3, -0.25) is 4.79 Å². The number of benzene rings is 1. The number of nitrogens with one attached hydrogen (secondary N) is 1. The Balaban J connectivity index is 3.10. The molecule has 1 aromatic rings. The molecule has 6 heteroatoms. The lowest BCUT2D eigenvalue weighted by molar-refractivity contribution is -0.144. The van der Waals surface area contributed by atoms with E-state index >= 15 is 0 Å². The van der Waals surface area contributed by atoms with Gasteiger partial charge in [-0.15, -0.1) is 0 Å². The molecule has 0 fully saturated rings. The van der Waals surface area contributed by atoms with Crippen LogP contribution in [-0.4, -0.2) is 29.6 Å². The van der Waals surface area contributed by atoms with Gasteiger partial charge in [0.2, 0.25) is 0 Å². The maximum Gasteiger partial charge on any atom is 0.329 e. The van der Waals surface area contributed by atoms with Gasteiger partial charge in [0.25, 0.3) is 5.91 Å². The van der Waals surface area contributed by atoms with Gasteiger partial charge < -0.3 is 20.9 Å². The minimum absolute atomic E-state index is 0.259. The summed E-state index contributed by atoms with van der Waals surface area (Å²) < 4.78 is 5.10. The largest absolute Gasteiger partial charge is 0.496 e. The third kappa shape index (κ3) is 3.01. The molecule has 4 N–H and O–H groups in total. The van der Waals surface area contributed by atoms with Crippen molar-refractivity contribution < 1.29 is 19.4 Å². The molecule has 0 radical (unpaired) electrons. The minimum atomic E-state index is -1.27. The molecule has 0 bridgehead atoms. The molecule has 0 aromatic heterocycles. The van der Waals surface area contributed by atoms with Gasteiger partial charge in [-0.25, -0.2) is 4.79 Å². The molecule has 6 nitrogen and oxygen atoms in total. The Morgan fingerprint density at radius 1 is 1.35 bits per heavy atom. The summed E-state index contributed by atoms with van der Waals surface area (Å²) in [5, 5.41) is 11.9. The number of rotatable bonds is 6. The number of hydrogen-bond donors (Lipinski definition) is 3. The molecule has 20 heavy (non-hydrogen) atoms. The van der Waals surface area contributed by atoms with Crippen molar-refractivity contribution in [3.63, 3.8) is 0 Å². The fourth-order valence-corrected chi connectivity index (χ4v) is 1.96. The smallest absolute Gasteiger partial charge is 0.329 e. The van der Waals surface area contributed by atoms with Gasteiger partial charge in [0.1, 0.15) is 11.3 Å². The molecule has 1 amide bonds. The molecule has 0 aliphatic rings. The predicted octanol–water partition coefficient (Wildman–Crippen LogP) is 1.65. The Morgan fingerprint density at radius 2 is 1.95 bits per heavy atom. The molecule has 0 saturated carbocycles. The van der Waals surface area contributed by atoms with Gasteiger partial charge in [-0.1, -0.05) is 13.8 Å². The number of nitrogens with two attached hydrogens (primary N) is 1. The van der Waals surface area contributed by atoms with Crippen LogP contribution in [0.2, 0.25) is 0 Å². The zero-order valence-corrected chi connectivity index (χ0v) is 11.9. The van der Waals surface area contributed by atoms with Crippen LogP contribution in [0.5, 0.6) is 5.75 Å². The van der Waals surface area contributed by atoms with Crippen LogP contribution in [-0.2, 0) is 4.79 Å². The lowest BCUT2D eigenvalue weighted by Gasteiger charge is -2.28. The van der Waals surface area contributed by atoms with E-state index in [4.69, 9.17) is 10.5 Å². The summed E-state index contributed by atoms with van der Waals surface area (Å²) in [6.45, 7) is 3.44. The second-order valence-corrected chi connectivity index (χ2v) is 4.51. The third-order valence-corrected chi connectivity index (χ3v) is 3.44. The van der Waals surface area contributed by atoms with Crippen molar-refractivity contribution in [3.05, 3.63) is 23.8 Å². The molecule has 0 heterocycles. The van der Waals surface area contributed by atoms with E-state index in [1.165, 1.54) is 19.2 Å². The number of ether oxygens (including phenoxy) is 1. The Labute approximate surface area is 117 Å². The molecule has 1 aromatic carbocycles. The first-order valence-corrected chi connectivity index (χ1v) is 6.39. The van der Waals surface area contributed by atoms with Crippen molar-refractivity contribution in [2.45, 2.75) is 32.2 Å². The standard InChI is InChI=1S/C14H20N2O4/c1-4-14(5-2,13(18)19)16-12(17)10-7-6-9(15)8-11(10)20-3/h6-8H,4-5,15H2,1-3H3,(H,16,17)(H,18,19). The van der Waals surface area contributed by atoms with E-state index in [2.05, 4.69) is 5.32 Å². The molecule has 0 unspecified atom stereocenters. The lowest BCUT2D eigenvalue weighted by atomic mass is 9.92. The molecular weight excluding hydrogens is 260 g/mol. The number of methoxy groups -OCH3 is 1. The normalized spacial score (nSPS) is 10.9. The fourth-order valence-electron chi connectivity index (χ4n) is 1.96. The van der Waals surface area contributed by atoms with E-state index in [0.717, 1.165) is 0 Å². The van der Waals surface area contributed by atoms with E-state index in [1.54, 1.807) is 19.9 Å². The molecule has 0 aliphatic carbocycles. The summed E-state index contributed by atoms with van der Waals surface area (Å²) in [4.78, 5) is 23.7.